The molecule has 1 aliphatic rings. The van der Waals surface area contributed by atoms with Crippen molar-refractivity contribution in [3.05, 3.63) is 95.1 Å². The lowest BCUT2D eigenvalue weighted by atomic mass is 9.94. The van der Waals surface area contributed by atoms with Crippen LogP contribution in [-0.4, -0.2) is 38.0 Å². The zero-order chi connectivity index (χ0) is 23.7. The number of aliphatic hydroxyl groups excluding tert-OH is 1. The summed E-state index contributed by atoms with van der Waals surface area (Å²) in [6.07, 6.45) is 0. The number of hydrogen-bond donors (Lipinski definition) is 1. The number of carbonyl (C=O) groups excluding carboxylic acids is 2. The highest BCUT2D eigenvalue weighted by Crippen LogP contribution is 2.42. The Labute approximate surface area is 193 Å². The van der Waals surface area contributed by atoms with Crippen LogP contribution in [0.1, 0.15) is 22.7 Å². The molecule has 4 rings (SSSR count). The topological polar surface area (TPSA) is 70.1 Å². The third kappa shape index (κ3) is 4.07. The molecule has 0 bridgehead atoms. The second-order valence-electron chi connectivity index (χ2n) is 8.23. The zero-order valence-corrected chi connectivity index (χ0v) is 19.1. The summed E-state index contributed by atoms with van der Waals surface area (Å²) in [6.45, 7) is 1.93. The van der Waals surface area contributed by atoms with Gasteiger partial charge in [-0.05, 0) is 54.4 Å². The van der Waals surface area contributed by atoms with E-state index in [-0.39, 0.29) is 11.3 Å². The van der Waals surface area contributed by atoms with Crippen molar-refractivity contribution >= 4 is 28.8 Å². The third-order valence-corrected chi connectivity index (χ3v) is 5.79. The second kappa shape index (κ2) is 8.82. The van der Waals surface area contributed by atoms with E-state index in [4.69, 9.17) is 4.74 Å². The molecular weight excluding hydrogens is 416 g/mol. The molecular formula is C27H26N2O4. The highest BCUT2D eigenvalue weighted by atomic mass is 16.5. The highest BCUT2D eigenvalue weighted by Gasteiger charge is 2.47. The van der Waals surface area contributed by atoms with Crippen LogP contribution in [0.25, 0.3) is 5.76 Å². The maximum atomic E-state index is 13.3. The van der Waals surface area contributed by atoms with Gasteiger partial charge in [0.05, 0.1) is 18.7 Å². The standard InChI is InChI=1S/C27H26N2O4/c1-17-7-5-9-21(15-17)29-24(18-11-13-20(14-12-18)28(2)3)23(26(31)27(29)32)25(30)19-8-6-10-22(16-19)33-4/h5-16,24,30H,1-4H3/b25-23+. The van der Waals surface area contributed by atoms with Gasteiger partial charge in [-0.1, -0.05) is 36.4 Å². The maximum Gasteiger partial charge on any atom is 0.300 e. The minimum atomic E-state index is -0.769. The summed E-state index contributed by atoms with van der Waals surface area (Å²) in [5.74, 6) is -1.09. The summed E-state index contributed by atoms with van der Waals surface area (Å²) >= 11 is 0. The number of hydrogen-bond acceptors (Lipinski definition) is 5. The first-order valence-electron chi connectivity index (χ1n) is 10.6. The second-order valence-corrected chi connectivity index (χ2v) is 8.23. The van der Waals surface area contributed by atoms with Crippen molar-refractivity contribution in [2.45, 2.75) is 13.0 Å². The Morgan fingerprint density at radius 2 is 1.67 bits per heavy atom. The van der Waals surface area contributed by atoms with Crippen molar-refractivity contribution < 1.29 is 19.4 Å². The predicted octanol–water partition coefficient (Wildman–Crippen LogP) is 4.70. The molecule has 1 N–H and O–H groups in total. The van der Waals surface area contributed by atoms with Crippen molar-refractivity contribution in [2.24, 2.45) is 0 Å². The summed E-state index contributed by atoms with van der Waals surface area (Å²) in [4.78, 5) is 29.9. The molecule has 1 fully saturated rings. The molecule has 1 unspecified atom stereocenters. The van der Waals surface area contributed by atoms with Crippen LogP contribution >= 0.6 is 0 Å². The number of nitrogens with zero attached hydrogens (tertiary/aromatic N) is 2. The van der Waals surface area contributed by atoms with Crippen molar-refractivity contribution in [1.82, 2.24) is 0 Å². The van der Waals surface area contributed by atoms with Crippen LogP contribution in [-0.2, 0) is 9.59 Å². The number of methoxy groups -OCH3 is 1. The van der Waals surface area contributed by atoms with E-state index in [9.17, 15) is 14.7 Å². The smallest absolute Gasteiger partial charge is 0.300 e. The largest absolute Gasteiger partial charge is 0.507 e. The molecule has 1 saturated heterocycles. The Morgan fingerprint density at radius 1 is 0.970 bits per heavy atom. The van der Waals surface area contributed by atoms with Crippen molar-refractivity contribution in [3.63, 3.8) is 0 Å². The van der Waals surface area contributed by atoms with E-state index in [1.165, 1.54) is 12.0 Å². The fourth-order valence-electron chi connectivity index (χ4n) is 4.07. The minimum Gasteiger partial charge on any atom is -0.507 e. The van der Waals surface area contributed by atoms with Gasteiger partial charge in [0.2, 0.25) is 0 Å². The molecule has 168 valence electrons. The molecule has 0 aromatic heterocycles. The van der Waals surface area contributed by atoms with E-state index >= 15 is 0 Å². The normalized spacial score (nSPS) is 17.3. The molecule has 0 spiro atoms. The number of Topliss-reactive ketones (excluding diaryl/α,β-unsaturated/α-hetero) is 1. The molecule has 0 radical (unpaired) electrons. The molecule has 3 aromatic rings. The highest BCUT2D eigenvalue weighted by molar-refractivity contribution is 6.51. The van der Waals surface area contributed by atoms with Crippen LogP contribution in [0.2, 0.25) is 0 Å². The number of anilines is 2. The average Bonchev–Trinajstić information content (AvgIpc) is 3.09. The van der Waals surface area contributed by atoms with Gasteiger partial charge in [0.1, 0.15) is 11.5 Å². The summed E-state index contributed by atoms with van der Waals surface area (Å²) in [6, 6.07) is 21.1. The molecule has 0 saturated carbocycles. The van der Waals surface area contributed by atoms with Gasteiger partial charge in [-0.2, -0.15) is 0 Å². The first kappa shape index (κ1) is 22.1. The van der Waals surface area contributed by atoms with E-state index in [2.05, 4.69) is 0 Å². The minimum absolute atomic E-state index is 0.0485. The van der Waals surface area contributed by atoms with Gasteiger partial charge in [-0.15, -0.1) is 0 Å². The van der Waals surface area contributed by atoms with Gasteiger partial charge in [-0.25, -0.2) is 0 Å². The van der Waals surface area contributed by atoms with Gasteiger partial charge in [-0.3, -0.25) is 14.5 Å². The van der Waals surface area contributed by atoms with Crippen LogP contribution in [0, 0.1) is 6.92 Å². The number of ether oxygens (including phenoxy) is 1. The monoisotopic (exact) mass is 442 g/mol. The van der Waals surface area contributed by atoms with Crippen molar-refractivity contribution in [3.8, 4) is 5.75 Å². The van der Waals surface area contributed by atoms with Gasteiger partial charge in [0, 0.05) is 31.0 Å². The molecule has 33 heavy (non-hydrogen) atoms. The summed E-state index contributed by atoms with van der Waals surface area (Å²) < 4.78 is 5.27. The lowest BCUT2D eigenvalue weighted by Gasteiger charge is -2.26. The summed E-state index contributed by atoms with van der Waals surface area (Å²) in [5.41, 5.74) is 3.73. The predicted molar refractivity (Wildman–Crippen MR) is 130 cm³/mol. The summed E-state index contributed by atoms with van der Waals surface area (Å²) in [7, 11) is 5.41. The van der Waals surface area contributed by atoms with E-state index in [0.29, 0.717) is 17.0 Å². The van der Waals surface area contributed by atoms with E-state index in [1.54, 1.807) is 30.3 Å². The lowest BCUT2D eigenvalue weighted by Crippen LogP contribution is -2.29. The van der Waals surface area contributed by atoms with Crippen LogP contribution in [0.4, 0.5) is 11.4 Å². The van der Waals surface area contributed by atoms with Gasteiger partial charge < -0.3 is 14.7 Å². The van der Waals surface area contributed by atoms with Gasteiger partial charge in [0.15, 0.2) is 0 Å². The number of ketones is 1. The van der Waals surface area contributed by atoms with Crippen LogP contribution in [0.3, 0.4) is 0 Å². The lowest BCUT2D eigenvalue weighted by molar-refractivity contribution is -0.132. The molecule has 0 aliphatic carbocycles. The van der Waals surface area contributed by atoms with Crippen LogP contribution in [0.15, 0.2) is 78.4 Å². The molecule has 6 heteroatoms. The third-order valence-electron chi connectivity index (χ3n) is 5.79. The number of carbonyl (C=O) groups is 2. The van der Waals surface area contributed by atoms with E-state index < -0.39 is 17.7 Å². The first-order valence-corrected chi connectivity index (χ1v) is 10.6. The number of aryl methyl sites for hydroxylation is 1. The Bertz CT molecular complexity index is 1240. The fraction of sp³-hybridized carbons (Fsp3) is 0.185. The summed E-state index contributed by atoms with van der Waals surface area (Å²) in [5, 5.41) is 11.2. The molecule has 1 amide bonds. The molecule has 1 atom stereocenters. The quantitative estimate of drug-likeness (QED) is 0.353. The van der Waals surface area contributed by atoms with E-state index in [1.807, 2.05) is 68.4 Å². The molecule has 1 heterocycles. The fourth-order valence-corrected chi connectivity index (χ4v) is 4.07. The molecule has 6 nitrogen and oxygen atoms in total. The zero-order valence-electron chi connectivity index (χ0n) is 19.1. The number of rotatable bonds is 5. The van der Waals surface area contributed by atoms with Crippen molar-refractivity contribution in [2.75, 3.05) is 31.0 Å². The first-order chi connectivity index (χ1) is 15.8. The number of aliphatic hydroxyl groups is 1. The average molecular weight is 443 g/mol. The SMILES string of the molecule is COc1cccc(/C(O)=C2\C(=O)C(=O)N(c3cccc(C)c3)C2c2ccc(N(C)C)cc2)c1. The molecule has 3 aromatic carbocycles. The Balaban J connectivity index is 1.93. The Hall–Kier alpha value is -4.06. The maximum absolute atomic E-state index is 13.3. The van der Waals surface area contributed by atoms with Crippen LogP contribution < -0.4 is 14.5 Å². The Morgan fingerprint density at radius 3 is 2.30 bits per heavy atom. The van der Waals surface area contributed by atoms with E-state index in [0.717, 1.165) is 16.8 Å². The van der Waals surface area contributed by atoms with Gasteiger partial charge >= 0.3 is 0 Å². The van der Waals surface area contributed by atoms with Crippen LogP contribution in [0.5, 0.6) is 5.75 Å². The number of amides is 1. The van der Waals surface area contributed by atoms with Crippen molar-refractivity contribution in [1.29, 1.82) is 0 Å². The molecule has 1 aliphatic heterocycles. The van der Waals surface area contributed by atoms with Gasteiger partial charge in [0.25, 0.3) is 11.7 Å². The number of benzene rings is 3. The Kier molecular flexibility index (Phi) is 5.92.